The van der Waals surface area contributed by atoms with E-state index < -0.39 is 5.41 Å². The zero-order chi connectivity index (χ0) is 14.6. The summed E-state index contributed by atoms with van der Waals surface area (Å²) < 4.78 is 4.83. The lowest BCUT2D eigenvalue weighted by Crippen LogP contribution is -2.39. The molecule has 1 aromatic rings. The van der Waals surface area contributed by atoms with E-state index in [1.54, 1.807) is 0 Å². The number of benzene rings is 1. The van der Waals surface area contributed by atoms with Gasteiger partial charge in [-0.05, 0) is 45.5 Å². The lowest BCUT2D eigenvalue weighted by molar-refractivity contribution is -0.151. The lowest BCUT2D eigenvalue weighted by atomic mass is 9.92. The third kappa shape index (κ3) is 3.96. The van der Waals surface area contributed by atoms with E-state index >= 15 is 0 Å². The molecule has 0 aliphatic heterocycles. The second kappa shape index (κ2) is 6.06. The number of hydrogen-bond donors (Lipinski definition) is 1. The Bertz CT molecular complexity index is 444. The van der Waals surface area contributed by atoms with Gasteiger partial charge in [0.2, 0.25) is 0 Å². The number of esters is 1. The smallest absolute Gasteiger partial charge is 0.312 e. The minimum Gasteiger partial charge on any atom is -0.469 e. The normalized spacial score (nSPS) is 13.4. The summed E-state index contributed by atoms with van der Waals surface area (Å²) in [6.45, 7) is 6.50. The third-order valence-corrected chi connectivity index (χ3v) is 3.44. The summed E-state index contributed by atoms with van der Waals surface area (Å²) in [4.78, 5) is 13.8. The Kier molecular flexibility index (Phi) is 4.95. The Morgan fingerprint density at radius 1 is 1.47 bits per heavy atom. The van der Waals surface area contributed by atoms with Crippen LogP contribution in [0.3, 0.4) is 0 Å². The van der Waals surface area contributed by atoms with Gasteiger partial charge in [-0.15, -0.1) is 0 Å². The summed E-state index contributed by atoms with van der Waals surface area (Å²) in [5.74, 6) is -0.195. The van der Waals surface area contributed by atoms with Crippen LogP contribution in [0.5, 0.6) is 0 Å². The molecule has 0 spiro atoms. The Morgan fingerprint density at radius 3 is 2.63 bits per heavy atom. The van der Waals surface area contributed by atoms with E-state index in [0.29, 0.717) is 6.54 Å². The highest BCUT2D eigenvalue weighted by molar-refractivity contribution is 5.76. The van der Waals surface area contributed by atoms with Crippen molar-refractivity contribution in [2.75, 3.05) is 26.4 Å². The minimum absolute atomic E-state index is 0.187. The SMILES string of the molecule is COC(=O)C(C)(C)CN(C)C(C)c1cccc(N)c1. The van der Waals surface area contributed by atoms with Gasteiger partial charge >= 0.3 is 5.97 Å². The van der Waals surface area contributed by atoms with E-state index in [2.05, 4.69) is 11.8 Å². The van der Waals surface area contributed by atoms with E-state index in [0.717, 1.165) is 11.3 Å². The fraction of sp³-hybridized carbons (Fsp3) is 0.533. The summed E-state index contributed by atoms with van der Waals surface area (Å²) in [7, 11) is 3.42. The summed E-state index contributed by atoms with van der Waals surface area (Å²) in [6, 6.07) is 8.01. The summed E-state index contributed by atoms with van der Waals surface area (Å²) in [6.07, 6.45) is 0. The van der Waals surface area contributed by atoms with Gasteiger partial charge in [-0.2, -0.15) is 0 Å². The van der Waals surface area contributed by atoms with E-state index in [1.807, 2.05) is 45.2 Å². The molecule has 1 rings (SSSR count). The Labute approximate surface area is 115 Å². The van der Waals surface area contributed by atoms with Gasteiger partial charge in [0.25, 0.3) is 0 Å². The summed E-state index contributed by atoms with van der Waals surface area (Å²) >= 11 is 0. The molecule has 4 heteroatoms. The minimum atomic E-state index is -0.530. The molecule has 0 heterocycles. The second-order valence-electron chi connectivity index (χ2n) is 5.64. The molecule has 1 aromatic carbocycles. The van der Waals surface area contributed by atoms with Crippen molar-refractivity contribution in [3.8, 4) is 0 Å². The Balaban J connectivity index is 2.78. The molecule has 4 nitrogen and oxygen atoms in total. The van der Waals surface area contributed by atoms with Gasteiger partial charge in [-0.3, -0.25) is 9.69 Å². The highest BCUT2D eigenvalue weighted by Crippen LogP contribution is 2.26. The van der Waals surface area contributed by atoms with Gasteiger partial charge in [-0.25, -0.2) is 0 Å². The second-order valence-corrected chi connectivity index (χ2v) is 5.64. The van der Waals surface area contributed by atoms with Gasteiger partial charge in [-0.1, -0.05) is 12.1 Å². The lowest BCUT2D eigenvalue weighted by Gasteiger charge is -2.32. The number of carbonyl (C=O) groups is 1. The highest BCUT2D eigenvalue weighted by Gasteiger charge is 2.31. The molecular formula is C15H24N2O2. The molecule has 0 radical (unpaired) electrons. The fourth-order valence-electron chi connectivity index (χ4n) is 2.17. The molecule has 0 amide bonds. The number of ether oxygens (including phenoxy) is 1. The molecule has 0 aliphatic carbocycles. The van der Waals surface area contributed by atoms with Crippen molar-refractivity contribution in [3.05, 3.63) is 29.8 Å². The van der Waals surface area contributed by atoms with Crippen LogP contribution in [-0.2, 0) is 9.53 Å². The molecule has 1 unspecified atom stereocenters. The predicted octanol–water partition coefficient (Wildman–Crippen LogP) is 2.46. The van der Waals surface area contributed by atoms with Gasteiger partial charge in [0.05, 0.1) is 12.5 Å². The average Bonchev–Trinajstić information content (AvgIpc) is 2.36. The number of hydrogen-bond acceptors (Lipinski definition) is 4. The molecule has 0 saturated carbocycles. The molecular weight excluding hydrogens is 240 g/mol. The van der Waals surface area contributed by atoms with Crippen LogP contribution in [0.4, 0.5) is 5.69 Å². The number of methoxy groups -OCH3 is 1. The molecule has 0 aliphatic rings. The standard InChI is InChI=1S/C15H24N2O2/c1-11(12-7-6-8-13(16)9-12)17(4)10-15(2,3)14(18)19-5/h6-9,11H,10,16H2,1-5H3. The van der Waals surface area contributed by atoms with Gasteiger partial charge in [0.1, 0.15) is 0 Å². The maximum absolute atomic E-state index is 11.7. The van der Waals surface area contributed by atoms with E-state index in [4.69, 9.17) is 10.5 Å². The maximum Gasteiger partial charge on any atom is 0.312 e. The predicted molar refractivity (Wildman–Crippen MR) is 77.7 cm³/mol. The van der Waals surface area contributed by atoms with Gasteiger partial charge in [0.15, 0.2) is 0 Å². The first-order valence-corrected chi connectivity index (χ1v) is 6.42. The largest absolute Gasteiger partial charge is 0.469 e. The van der Waals surface area contributed by atoms with Crippen LogP contribution in [0.1, 0.15) is 32.4 Å². The first kappa shape index (κ1) is 15.5. The first-order chi connectivity index (χ1) is 8.77. The number of nitrogens with two attached hydrogens (primary N) is 1. The quantitative estimate of drug-likeness (QED) is 0.655. The molecule has 1 atom stereocenters. The summed E-state index contributed by atoms with van der Waals surface area (Å²) in [5.41, 5.74) is 7.17. The van der Waals surface area contributed by atoms with Crippen LogP contribution < -0.4 is 5.73 Å². The summed E-state index contributed by atoms with van der Waals surface area (Å²) in [5, 5.41) is 0. The van der Waals surface area contributed by atoms with E-state index in [-0.39, 0.29) is 12.0 Å². The van der Waals surface area contributed by atoms with Gasteiger partial charge in [0, 0.05) is 18.3 Å². The molecule has 0 aromatic heterocycles. The van der Waals surface area contributed by atoms with Gasteiger partial charge < -0.3 is 10.5 Å². The van der Waals surface area contributed by atoms with Crippen LogP contribution in [0, 0.1) is 5.41 Å². The van der Waals surface area contributed by atoms with Crippen molar-refractivity contribution in [3.63, 3.8) is 0 Å². The van der Waals surface area contributed by atoms with Crippen molar-refractivity contribution in [1.29, 1.82) is 0 Å². The topological polar surface area (TPSA) is 55.6 Å². The molecule has 0 fully saturated rings. The highest BCUT2D eigenvalue weighted by atomic mass is 16.5. The van der Waals surface area contributed by atoms with Crippen LogP contribution >= 0.6 is 0 Å². The van der Waals surface area contributed by atoms with Crippen LogP contribution in [0.25, 0.3) is 0 Å². The van der Waals surface area contributed by atoms with Crippen LogP contribution in [-0.4, -0.2) is 31.6 Å². The van der Waals surface area contributed by atoms with Crippen LogP contribution in [0.15, 0.2) is 24.3 Å². The van der Waals surface area contributed by atoms with E-state index in [1.165, 1.54) is 7.11 Å². The van der Waals surface area contributed by atoms with Crippen molar-refractivity contribution >= 4 is 11.7 Å². The molecule has 0 bridgehead atoms. The zero-order valence-corrected chi connectivity index (χ0v) is 12.4. The average molecular weight is 264 g/mol. The fourth-order valence-corrected chi connectivity index (χ4v) is 2.17. The number of carbonyl (C=O) groups excluding carboxylic acids is 1. The molecule has 106 valence electrons. The number of nitrogens with zero attached hydrogens (tertiary/aromatic N) is 1. The zero-order valence-electron chi connectivity index (χ0n) is 12.4. The Hall–Kier alpha value is -1.55. The van der Waals surface area contributed by atoms with Crippen molar-refractivity contribution < 1.29 is 9.53 Å². The number of anilines is 1. The monoisotopic (exact) mass is 264 g/mol. The number of nitrogen functional groups attached to an aromatic ring is 1. The molecule has 0 saturated heterocycles. The van der Waals surface area contributed by atoms with Crippen molar-refractivity contribution in [2.45, 2.75) is 26.8 Å². The number of rotatable bonds is 5. The first-order valence-electron chi connectivity index (χ1n) is 6.42. The molecule has 19 heavy (non-hydrogen) atoms. The van der Waals surface area contributed by atoms with Crippen molar-refractivity contribution in [1.82, 2.24) is 4.90 Å². The van der Waals surface area contributed by atoms with Crippen molar-refractivity contribution in [2.24, 2.45) is 5.41 Å². The molecule has 2 N–H and O–H groups in total. The van der Waals surface area contributed by atoms with E-state index in [9.17, 15) is 4.79 Å². The Morgan fingerprint density at radius 2 is 2.11 bits per heavy atom. The maximum atomic E-state index is 11.7. The third-order valence-electron chi connectivity index (χ3n) is 3.44. The van der Waals surface area contributed by atoms with Crippen LogP contribution in [0.2, 0.25) is 0 Å².